The van der Waals surface area contributed by atoms with Crippen molar-refractivity contribution in [2.24, 2.45) is 0 Å². The lowest BCUT2D eigenvalue weighted by Gasteiger charge is -2.21. The number of aliphatic hydroxyl groups is 1. The van der Waals surface area contributed by atoms with Crippen LogP contribution in [-0.4, -0.2) is 66.5 Å². The van der Waals surface area contributed by atoms with Gasteiger partial charge in [-0.2, -0.15) is 0 Å². The van der Waals surface area contributed by atoms with Crippen LogP contribution in [0, 0.1) is 0 Å². The molecule has 0 radical (unpaired) electrons. The minimum atomic E-state index is -4.76. The van der Waals surface area contributed by atoms with E-state index in [0.29, 0.717) is 19.3 Å². The number of rotatable bonds is 45. The van der Waals surface area contributed by atoms with Crippen molar-refractivity contribution in [3.8, 4) is 0 Å². The maximum absolute atomic E-state index is 12.8. The van der Waals surface area contributed by atoms with Crippen LogP contribution < -0.4 is 0 Å². The summed E-state index contributed by atoms with van der Waals surface area (Å²) < 4.78 is 39.1. The van der Waals surface area contributed by atoms with Crippen molar-refractivity contribution in [1.29, 1.82) is 0 Å². The highest BCUT2D eigenvalue weighted by molar-refractivity contribution is 7.47. The predicted molar refractivity (Wildman–Crippen MR) is 261 cm³/mol. The Bertz CT molecular complexity index is 1350. The van der Waals surface area contributed by atoms with Gasteiger partial charge in [0.1, 0.15) is 12.7 Å². The van der Waals surface area contributed by atoms with Crippen LogP contribution in [0.2, 0.25) is 0 Å². The second kappa shape index (κ2) is 46.4. The Labute approximate surface area is 388 Å². The normalized spacial score (nSPS) is 14.1. The molecule has 0 heterocycles. The molecule has 0 bridgehead atoms. The predicted octanol–water partition coefficient (Wildman–Crippen LogP) is 13.8. The van der Waals surface area contributed by atoms with E-state index in [1.165, 1.54) is 44.9 Å². The molecule has 0 rings (SSSR count). The van der Waals surface area contributed by atoms with E-state index in [9.17, 15) is 28.9 Å². The first-order valence-corrected chi connectivity index (χ1v) is 26.3. The van der Waals surface area contributed by atoms with Crippen molar-refractivity contribution in [2.45, 2.75) is 213 Å². The zero-order valence-corrected chi connectivity index (χ0v) is 41.1. The number of hydrogen-bond donors (Lipinski definition) is 2. The van der Waals surface area contributed by atoms with E-state index >= 15 is 0 Å². The standard InChI is InChI=1S/C52H89O11P/c1-4-7-10-13-16-19-22-24-27-29-32-35-38-41-50(54)59-45-49(63-52(56)43-40-37-34-31-28-25-23-20-17-14-11-8-5-2)47-61-64(57,58)60-46-48(44-53)62-51(55)42-39-36-33-30-26-21-18-15-12-9-6-3/h8,10-11,13,17,19-20,22,25,28,34,37,48-49,53H,4-7,9,12,14-16,18,21,23-24,26-27,29-33,35-36,38-47H2,1-3H3,(H,57,58)/b11-8-,13-10-,20-17-,22-19-,28-25-,37-34-. The highest BCUT2D eigenvalue weighted by atomic mass is 31.2. The molecular weight excluding hydrogens is 832 g/mol. The van der Waals surface area contributed by atoms with Gasteiger partial charge in [0.05, 0.1) is 19.8 Å². The first kappa shape index (κ1) is 60.9. The van der Waals surface area contributed by atoms with Crippen molar-refractivity contribution < 1.29 is 52.2 Å². The fourth-order valence-electron chi connectivity index (χ4n) is 6.35. The van der Waals surface area contributed by atoms with E-state index in [1.54, 1.807) is 0 Å². The number of aliphatic hydroxyl groups excluding tert-OH is 1. The van der Waals surface area contributed by atoms with Gasteiger partial charge in [0.15, 0.2) is 6.10 Å². The molecule has 0 aromatic heterocycles. The van der Waals surface area contributed by atoms with Crippen molar-refractivity contribution in [2.75, 3.05) is 26.4 Å². The Hall–Kier alpha value is -3.08. The third-order valence-corrected chi connectivity index (χ3v) is 11.1. The van der Waals surface area contributed by atoms with Gasteiger partial charge in [-0.3, -0.25) is 23.4 Å². The molecule has 0 aliphatic carbocycles. The quantitative estimate of drug-likeness (QED) is 0.0197. The first-order chi connectivity index (χ1) is 31.2. The number of carbonyl (C=O) groups excluding carboxylic acids is 3. The van der Waals surface area contributed by atoms with Crippen LogP contribution in [0.4, 0.5) is 0 Å². The average molecular weight is 921 g/mol. The van der Waals surface area contributed by atoms with Gasteiger partial charge in [-0.15, -0.1) is 0 Å². The summed E-state index contributed by atoms with van der Waals surface area (Å²) in [4.78, 5) is 48.1. The highest BCUT2D eigenvalue weighted by Crippen LogP contribution is 2.43. The fourth-order valence-corrected chi connectivity index (χ4v) is 7.13. The number of hydrogen-bond acceptors (Lipinski definition) is 10. The van der Waals surface area contributed by atoms with Crippen LogP contribution in [0.5, 0.6) is 0 Å². The third kappa shape index (κ3) is 44.1. The fraction of sp³-hybridized carbons (Fsp3) is 0.712. The second-order valence-corrected chi connectivity index (χ2v) is 17.7. The molecule has 0 saturated carbocycles. The Balaban J connectivity index is 4.86. The van der Waals surface area contributed by atoms with E-state index < -0.39 is 57.8 Å². The minimum absolute atomic E-state index is 0.0422. The zero-order valence-electron chi connectivity index (χ0n) is 40.2. The molecule has 0 spiro atoms. The van der Waals surface area contributed by atoms with Crippen LogP contribution in [-0.2, 0) is 42.2 Å². The molecule has 0 amide bonds. The first-order valence-electron chi connectivity index (χ1n) is 24.8. The maximum atomic E-state index is 12.8. The van der Waals surface area contributed by atoms with Crippen molar-refractivity contribution in [3.05, 3.63) is 72.9 Å². The largest absolute Gasteiger partial charge is 0.472 e. The molecule has 0 fully saturated rings. The zero-order chi connectivity index (χ0) is 47.0. The molecule has 12 heteroatoms. The van der Waals surface area contributed by atoms with E-state index in [2.05, 4.69) is 81.5 Å². The van der Waals surface area contributed by atoms with Gasteiger partial charge < -0.3 is 24.2 Å². The third-order valence-electron chi connectivity index (χ3n) is 10.1. The van der Waals surface area contributed by atoms with Crippen LogP contribution in [0.15, 0.2) is 72.9 Å². The summed E-state index contributed by atoms with van der Waals surface area (Å²) >= 11 is 0. The van der Waals surface area contributed by atoms with E-state index in [-0.39, 0.29) is 25.9 Å². The van der Waals surface area contributed by atoms with E-state index in [4.69, 9.17) is 23.3 Å². The van der Waals surface area contributed by atoms with Crippen LogP contribution in [0.3, 0.4) is 0 Å². The summed E-state index contributed by atoms with van der Waals surface area (Å²) in [6, 6.07) is 0. The molecule has 64 heavy (non-hydrogen) atoms. The summed E-state index contributed by atoms with van der Waals surface area (Å²) in [5.41, 5.74) is 0. The van der Waals surface area contributed by atoms with Crippen LogP contribution >= 0.6 is 7.82 Å². The van der Waals surface area contributed by atoms with Gasteiger partial charge in [0.2, 0.25) is 0 Å². The summed E-state index contributed by atoms with van der Waals surface area (Å²) in [5, 5.41) is 9.74. The molecule has 0 aromatic rings. The molecule has 2 N–H and O–H groups in total. The monoisotopic (exact) mass is 921 g/mol. The lowest BCUT2D eigenvalue weighted by molar-refractivity contribution is -0.161. The molecule has 0 aliphatic heterocycles. The molecule has 3 unspecified atom stereocenters. The summed E-state index contributed by atoms with van der Waals surface area (Å²) in [6.07, 6.45) is 49.0. The van der Waals surface area contributed by atoms with Gasteiger partial charge in [0.25, 0.3) is 0 Å². The highest BCUT2D eigenvalue weighted by Gasteiger charge is 2.28. The van der Waals surface area contributed by atoms with Gasteiger partial charge in [-0.05, 0) is 70.6 Å². The Kier molecular flexibility index (Phi) is 44.2. The molecule has 0 saturated heterocycles. The summed E-state index contributed by atoms with van der Waals surface area (Å²) in [7, 11) is -4.76. The van der Waals surface area contributed by atoms with Gasteiger partial charge in [-0.1, -0.05) is 184 Å². The van der Waals surface area contributed by atoms with Crippen molar-refractivity contribution >= 4 is 25.7 Å². The number of phosphoric acid groups is 1. The summed E-state index contributed by atoms with van der Waals surface area (Å²) in [5.74, 6) is -1.58. The molecule has 0 aliphatic rings. The van der Waals surface area contributed by atoms with Crippen molar-refractivity contribution in [1.82, 2.24) is 0 Å². The smallest absolute Gasteiger partial charge is 0.462 e. The van der Waals surface area contributed by atoms with Crippen LogP contribution in [0.1, 0.15) is 201 Å². The Morgan fingerprint density at radius 2 is 0.875 bits per heavy atom. The lowest BCUT2D eigenvalue weighted by Crippen LogP contribution is -2.30. The van der Waals surface area contributed by atoms with Gasteiger partial charge >= 0.3 is 25.7 Å². The van der Waals surface area contributed by atoms with Gasteiger partial charge in [-0.25, -0.2) is 4.57 Å². The molecule has 11 nitrogen and oxygen atoms in total. The molecular formula is C52H89O11P. The number of carbonyl (C=O) groups is 3. The number of unbranched alkanes of at least 4 members (excludes halogenated alkanes) is 16. The second-order valence-electron chi connectivity index (χ2n) is 16.2. The van der Waals surface area contributed by atoms with Crippen molar-refractivity contribution in [3.63, 3.8) is 0 Å². The van der Waals surface area contributed by atoms with Gasteiger partial charge in [0, 0.05) is 19.3 Å². The molecule has 3 atom stereocenters. The Morgan fingerprint density at radius 3 is 1.41 bits per heavy atom. The topological polar surface area (TPSA) is 155 Å². The minimum Gasteiger partial charge on any atom is -0.462 e. The maximum Gasteiger partial charge on any atom is 0.472 e. The molecule has 368 valence electrons. The number of allylic oxidation sites excluding steroid dienone is 12. The Morgan fingerprint density at radius 1 is 0.453 bits per heavy atom. The SMILES string of the molecule is CC/C=C\C/C=C\C/C=C\C/C=C\CCC(=O)OC(COC(=O)CCCCCCC/C=C\C/C=C\CCC)COP(=O)(O)OCC(CO)OC(=O)CCCCCCCCCCCCC. The average Bonchev–Trinajstić information content (AvgIpc) is 3.28. The number of esters is 3. The number of phosphoric ester groups is 1. The van der Waals surface area contributed by atoms with E-state index in [1.807, 2.05) is 12.2 Å². The number of ether oxygens (including phenoxy) is 3. The molecule has 0 aromatic carbocycles. The van der Waals surface area contributed by atoms with Crippen LogP contribution in [0.25, 0.3) is 0 Å². The van der Waals surface area contributed by atoms with E-state index in [0.717, 1.165) is 96.3 Å². The lowest BCUT2D eigenvalue weighted by atomic mass is 10.1. The summed E-state index contributed by atoms with van der Waals surface area (Å²) in [6.45, 7) is 4.33.